The molecule has 0 radical (unpaired) electrons. The van der Waals surface area contributed by atoms with Gasteiger partial charge < -0.3 is 5.32 Å². The van der Waals surface area contributed by atoms with Gasteiger partial charge in [-0.1, -0.05) is 41.6 Å². The molecular weight excluding hydrogens is 492 g/mol. The Balaban J connectivity index is 1.57. The second kappa shape index (κ2) is 8.79. The summed E-state index contributed by atoms with van der Waals surface area (Å²) in [7, 11) is 0. The Morgan fingerprint density at radius 2 is 1.97 bits per heavy atom. The van der Waals surface area contributed by atoms with E-state index in [4.69, 9.17) is 0 Å². The van der Waals surface area contributed by atoms with Crippen molar-refractivity contribution in [2.24, 2.45) is 0 Å². The van der Waals surface area contributed by atoms with Gasteiger partial charge in [-0.25, -0.2) is 18.7 Å². The zero-order valence-corrected chi connectivity index (χ0v) is 18.8. The highest BCUT2D eigenvalue weighted by Crippen LogP contribution is 2.38. The van der Waals surface area contributed by atoms with Crippen LogP contribution in [-0.4, -0.2) is 21.6 Å². The van der Waals surface area contributed by atoms with Gasteiger partial charge in [-0.15, -0.1) is 11.3 Å². The molecule has 0 atom stereocenters. The quantitative estimate of drug-likeness (QED) is 0.250. The summed E-state index contributed by atoms with van der Waals surface area (Å²) in [4.78, 5) is 21.9. The summed E-state index contributed by atoms with van der Waals surface area (Å²) in [5.41, 5.74) is 3.13. The number of aromatic nitrogens is 2. The van der Waals surface area contributed by atoms with Crippen molar-refractivity contribution in [2.45, 2.75) is 11.9 Å². The van der Waals surface area contributed by atoms with Crippen LogP contribution in [0, 0.1) is 18.6 Å². The lowest BCUT2D eigenvalue weighted by molar-refractivity contribution is -0.113. The molecule has 0 bridgehead atoms. The molecule has 9 heteroatoms. The lowest BCUT2D eigenvalue weighted by Crippen LogP contribution is -2.15. The third kappa shape index (κ3) is 4.38. The predicted molar refractivity (Wildman–Crippen MR) is 121 cm³/mol. The number of aryl methyl sites for hydroxylation is 1. The van der Waals surface area contributed by atoms with Crippen molar-refractivity contribution >= 4 is 60.8 Å². The molecule has 2 heterocycles. The molecule has 2 aromatic carbocycles. The number of thioether (sulfide) groups is 1. The summed E-state index contributed by atoms with van der Waals surface area (Å²) in [5, 5.41) is 6.07. The van der Waals surface area contributed by atoms with Gasteiger partial charge in [0.25, 0.3) is 0 Å². The number of rotatable bonds is 5. The maximum absolute atomic E-state index is 14.0. The number of nitrogens with zero attached hydrogens (tertiary/aromatic N) is 2. The topological polar surface area (TPSA) is 54.9 Å². The molecule has 2 aromatic heterocycles. The van der Waals surface area contributed by atoms with Gasteiger partial charge in [0.05, 0.1) is 16.8 Å². The fraction of sp³-hybridized carbons (Fsp3) is 0.0952. The second-order valence-corrected chi connectivity index (χ2v) is 9.13. The Morgan fingerprint density at radius 3 is 2.70 bits per heavy atom. The van der Waals surface area contributed by atoms with Crippen molar-refractivity contribution in [2.75, 3.05) is 11.1 Å². The average Bonchev–Trinajstić information content (AvgIpc) is 3.14. The monoisotopic (exact) mass is 505 g/mol. The maximum atomic E-state index is 14.0. The summed E-state index contributed by atoms with van der Waals surface area (Å²) in [6.45, 7) is 2.03. The molecule has 0 saturated carbocycles. The normalized spacial score (nSPS) is 11.1. The minimum atomic E-state index is -0.843. The summed E-state index contributed by atoms with van der Waals surface area (Å²) in [6.07, 6.45) is 1.47. The first kappa shape index (κ1) is 20.9. The van der Waals surface area contributed by atoms with Crippen LogP contribution < -0.4 is 5.32 Å². The number of benzene rings is 2. The number of carbonyl (C=O) groups is 1. The summed E-state index contributed by atoms with van der Waals surface area (Å²) >= 11 is 5.82. The van der Waals surface area contributed by atoms with Gasteiger partial charge >= 0.3 is 0 Å². The number of amides is 1. The number of thiophene rings is 1. The highest BCUT2D eigenvalue weighted by molar-refractivity contribution is 9.10. The SMILES string of the molecule is Cc1ccc(-c2csc3ncnc(SCC(=O)Nc4c(F)cc(F)cc4Br)c23)cc1. The van der Waals surface area contributed by atoms with E-state index in [0.717, 1.165) is 33.5 Å². The fourth-order valence-corrected chi connectivity index (χ4v) is 5.17. The maximum Gasteiger partial charge on any atom is 0.234 e. The van der Waals surface area contributed by atoms with Gasteiger partial charge in [0.15, 0.2) is 5.82 Å². The van der Waals surface area contributed by atoms with Gasteiger partial charge in [0.2, 0.25) is 5.91 Å². The first-order chi connectivity index (χ1) is 14.4. The van der Waals surface area contributed by atoms with Crippen molar-refractivity contribution in [1.82, 2.24) is 9.97 Å². The number of hydrogen-bond donors (Lipinski definition) is 1. The molecule has 152 valence electrons. The van der Waals surface area contributed by atoms with E-state index in [1.165, 1.54) is 35.0 Å². The molecule has 30 heavy (non-hydrogen) atoms. The second-order valence-electron chi connectivity index (χ2n) is 6.46. The van der Waals surface area contributed by atoms with Crippen LogP contribution in [0.2, 0.25) is 0 Å². The van der Waals surface area contributed by atoms with Crippen LogP contribution in [0.4, 0.5) is 14.5 Å². The van der Waals surface area contributed by atoms with E-state index >= 15 is 0 Å². The molecular formula is C21H14BrF2N3OS2. The molecule has 4 aromatic rings. The number of halogens is 3. The van der Waals surface area contributed by atoms with E-state index in [-0.39, 0.29) is 15.9 Å². The largest absolute Gasteiger partial charge is 0.322 e. The Kier molecular flexibility index (Phi) is 6.12. The standard InChI is InChI=1S/C21H14BrF2N3OS2/c1-11-2-4-12(5-3-11)14-8-29-20-18(14)21(26-10-25-20)30-9-17(28)27-19-15(22)6-13(23)7-16(19)24/h2-8,10H,9H2,1H3,(H,27,28). The summed E-state index contributed by atoms with van der Waals surface area (Å²) in [5.74, 6) is -1.98. The molecule has 0 aliphatic heterocycles. The molecule has 0 saturated heterocycles. The van der Waals surface area contributed by atoms with Crippen molar-refractivity contribution in [3.63, 3.8) is 0 Å². The molecule has 4 nitrogen and oxygen atoms in total. The van der Waals surface area contributed by atoms with Crippen LogP contribution in [0.3, 0.4) is 0 Å². The number of nitrogens with one attached hydrogen (secondary N) is 1. The molecule has 1 amide bonds. The van der Waals surface area contributed by atoms with E-state index in [1.54, 1.807) is 0 Å². The first-order valence-electron chi connectivity index (χ1n) is 8.79. The number of hydrogen-bond acceptors (Lipinski definition) is 5. The van der Waals surface area contributed by atoms with Gasteiger partial charge in [-0.3, -0.25) is 4.79 Å². The first-order valence-corrected chi connectivity index (χ1v) is 11.4. The van der Waals surface area contributed by atoms with E-state index in [9.17, 15) is 13.6 Å². The zero-order valence-electron chi connectivity index (χ0n) is 15.6. The van der Waals surface area contributed by atoms with Crippen LogP contribution in [0.5, 0.6) is 0 Å². The van der Waals surface area contributed by atoms with E-state index in [0.29, 0.717) is 5.03 Å². The lowest BCUT2D eigenvalue weighted by atomic mass is 10.1. The van der Waals surface area contributed by atoms with Gasteiger partial charge in [0, 0.05) is 21.5 Å². The smallest absolute Gasteiger partial charge is 0.234 e. The number of fused-ring (bicyclic) bond motifs is 1. The van der Waals surface area contributed by atoms with Crippen LogP contribution in [0.15, 0.2) is 57.6 Å². The average molecular weight is 506 g/mol. The van der Waals surface area contributed by atoms with E-state index < -0.39 is 17.5 Å². The Bertz CT molecular complexity index is 1220. The molecule has 0 spiro atoms. The Morgan fingerprint density at radius 1 is 1.20 bits per heavy atom. The highest BCUT2D eigenvalue weighted by atomic mass is 79.9. The van der Waals surface area contributed by atoms with Crippen LogP contribution in [0.25, 0.3) is 21.3 Å². The highest BCUT2D eigenvalue weighted by Gasteiger charge is 2.17. The van der Waals surface area contributed by atoms with Crippen molar-refractivity contribution in [3.05, 3.63) is 69.8 Å². The van der Waals surface area contributed by atoms with Gasteiger partial charge in [-0.2, -0.15) is 0 Å². The Hall–Kier alpha value is -2.36. The molecule has 1 N–H and O–H groups in total. The lowest BCUT2D eigenvalue weighted by Gasteiger charge is -2.09. The van der Waals surface area contributed by atoms with E-state index in [2.05, 4.69) is 31.2 Å². The van der Waals surface area contributed by atoms with Crippen LogP contribution in [0.1, 0.15) is 5.56 Å². The summed E-state index contributed by atoms with van der Waals surface area (Å²) < 4.78 is 27.3. The fourth-order valence-electron chi connectivity index (χ4n) is 2.87. The number of anilines is 1. The van der Waals surface area contributed by atoms with E-state index in [1.807, 2.05) is 36.6 Å². The van der Waals surface area contributed by atoms with Gasteiger partial charge in [-0.05, 0) is 34.5 Å². The molecule has 0 fully saturated rings. The molecule has 4 rings (SSSR count). The molecule has 0 unspecified atom stereocenters. The zero-order chi connectivity index (χ0) is 21.3. The third-order valence-corrected chi connectivity index (χ3v) is 6.81. The predicted octanol–water partition coefficient (Wildman–Crippen LogP) is 6.44. The van der Waals surface area contributed by atoms with Crippen molar-refractivity contribution in [3.8, 4) is 11.1 Å². The van der Waals surface area contributed by atoms with Crippen molar-refractivity contribution < 1.29 is 13.6 Å². The molecule has 0 aliphatic carbocycles. The van der Waals surface area contributed by atoms with Crippen molar-refractivity contribution in [1.29, 1.82) is 0 Å². The minimum Gasteiger partial charge on any atom is -0.322 e. The molecule has 0 aliphatic rings. The van der Waals surface area contributed by atoms with Gasteiger partial charge in [0.1, 0.15) is 22.0 Å². The minimum absolute atomic E-state index is 0.0125. The van der Waals surface area contributed by atoms with Crippen LogP contribution >= 0.6 is 39.0 Å². The number of carbonyl (C=O) groups excluding carboxylic acids is 1. The van der Waals surface area contributed by atoms with Crippen LogP contribution in [-0.2, 0) is 4.79 Å². The Labute approximate surface area is 187 Å². The summed E-state index contributed by atoms with van der Waals surface area (Å²) in [6, 6.07) is 9.98. The third-order valence-electron chi connectivity index (χ3n) is 4.31.